The largest absolute Gasteiger partial charge is 0.478 e. The topological polar surface area (TPSA) is 89.3 Å². The number of hydrogen-bond donors (Lipinski definition) is 1. The van der Waals surface area contributed by atoms with Crippen LogP contribution in [-0.2, 0) is 14.8 Å². The molecule has 0 aliphatic heterocycles. The lowest BCUT2D eigenvalue weighted by Crippen LogP contribution is -2.38. The van der Waals surface area contributed by atoms with Gasteiger partial charge in [0.2, 0.25) is 10.0 Å². The number of carboxylic acid groups (broad SMARTS) is 1. The Bertz CT molecular complexity index is 1050. The Kier molecular flexibility index (Phi) is 4.08. The summed E-state index contributed by atoms with van der Waals surface area (Å²) >= 11 is 0. The van der Waals surface area contributed by atoms with Gasteiger partial charge in [0.1, 0.15) is 10.6 Å². The summed E-state index contributed by atoms with van der Waals surface area (Å²) in [6, 6.07) is 3.28. The first-order valence-electron chi connectivity index (χ1n) is 7.42. The first-order valence-corrected chi connectivity index (χ1v) is 8.86. The van der Waals surface area contributed by atoms with Gasteiger partial charge in [0.15, 0.2) is 5.65 Å². The van der Waals surface area contributed by atoms with Crippen molar-refractivity contribution in [2.45, 2.75) is 18.1 Å². The third kappa shape index (κ3) is 2.89. The fraction of sp³-hybridized carbons (Fsp3) is 0.176. The second kappa shape index (κ2) is 5.96. The summed E-state index contributed by atoms with van der Waals surface area (Å²) in [4.78, 5) is 14.9. The first kappa shape index (κ1) is 17.1. The van der Waals surface area contributed by atoms with Gasteiger partial charge < -0.3 is 5.11 Å². The predicted octanol–water partition coefficient (Wildman–Crippen LogP) is 2.88. The van der Waals surface area contributed by atoms with Gasteiger partial charge in [-0.15, -0.1) is 0 Å². The van der Waals surface area contributed by atoms with E-state index in [0.29, 0.717) is 10.9 Å². The van der Waals surface area contributed by atoms with Gasteiger partial charge in [-0.05, 0) is 43.7 Å². The molecule has 2 heterocycles. The van der Waals surface area contributed by atoms with E-state index in [9.17, 15) is 17.6 Å². The number of nitrogens with zero attached hydrogens (tertiary/aromatic N) is 2. The lowest BCUT2D eigenvalue weighted by molar-refractivity contribution is -0.131. The molecule has 1 aliphatic rings. The summed E-state index contributed by atoms with van der Waals surface area (Å²) in [6.07, 6.45) is 8.86. The van der Waals surface area contributed by atoms with Gasteiger partial charge in [0.05, 0.1) is 0 Å². The summed E-state index contributed by atoms with van der Waals surface area (Å²) in [5.74, 6) is -1.77. The Morgan fingerprint density at radius 2 is 2.24 bits per heavy atom. The molecule has 1 atom stereocenters. The molecule has 0 radical (unpaired) electrons. The second-order valence-electron chi connectivity index (χ2n) is 5.88. The van der Waals surface area contributed by atoms with Crippen LogP contribution in [0.1, 0.15) is 18.9 Å². The number of aromatic nitrogens is 2. The summed E-state index contributed by atoms with van der Waals surface area (Å²) < 4.78 is 39.5. The van der Waals surface area contributed by atoms with Crippen molar-refractivity contribution in [2.75, 3.05) is 0 Å². The smallest absolute Gasteiger partial charge is 0.328 e. The van der Waals surface area contributed by atoms with Gasteiger partial charge in [-0.1, -0.05) is 6.08 Å². The van der Waals surface area contributed by atoms with Gasteiger partial charge in [-0.2, -0.15) is 0 Å². The lowest BCUT2D eigenvalue weighted by Gasteiger charge is -2.27. The van der Waals surface area contributed by atoms with Crippen LogP contribution in [0.4, 0.5) is 4.39 Å². The monoisotopic (exact) mass is 362 g/mol. The minimum absolute atomic E-state index is 0.121. The molecule has 0 fully saturated rings. The molecule has 0 aromatic carbocycles. The van der Waals surface area contributed by atoms with Crippen molar-refractivity contribution in [3.63, 3.8) is 0 Å². The lowest BCUT2D eigenvalue weighted by atomic mass is 10.0. The number of pyridine rings is 1. The molecule has 0 bridgehead atoms. The Morgan fingerprint density at radius 1 is 1.48 bits per heavy atom. The molecular weight excluding hydrogens is 347 g/mol. The number of rotatable bonds is 4. The van der Waals surface area contributed by atoms with Crippen molar-refractivity contribution in [1.82, 2.24) is 8.96 Å². The van der Waals surface area contributed by atoms with E-state index in [1.165, 1.54) is 37.5 Å². The van der Waals surface area contributed by atoms with Gasteiger partial charge in [-0.3, -0.25) is 0 Å². The third-order valence-electron chi connectivity index (χ3n) is 4.06. The average Bonchev–Trinajstić information content (AvgIpc) is 2.92. The zero-order valence-electron chi connectivity index (χ0n) is 13.3. The highest BCUT2D eigenvalue weighted by atomic mass is 32.2. The molecular formula is C17H15FN2O4S. The van der Waals surface area contributed by atoms with E-state index in [1.807, 2.05) is 0 Å². The molecule has 1 aliphatic carbocycles. The summed E-state index contributed by atoms with van der Waals surface area (Å²) in [6.45, 7) is 1.44. The highest BCUT2D eigenvalue weighted by Gasteiger charge is 2.40. The van der Waals surface area contributed by atoms with Crippen molar-refractivity contribution < 1.29 is 22.7 Å². The molecule has 0 spiro atoms. The number of aliphatic carboxylic acids is 1. The standard InChI is InChI=1S/C17H15FN2O4S/c1-17(8-2-4-13(18)10-17)25(23,24)20-11-12(6-7-15(21)22)14-5-3-9-19-16(14)20/h2-7,9-11H,8H2,1H3,(H,21,22)/b7-6+. The fourth-order valence-electron chi connectivity index (χ4n) is 2.74. The van der Waals surface area contributed by atoms with Crippen molar-refractivity contribution in [3.8, 4) is 0 Å². The van der Waals surface area contributed by atoms with Crippen LogP contribution >= 0.6 is 0 Å². The highest BCUT2D eigenvalue weighted by molar-refractivity contribution is 7.91. The summed E-state index contributed by atoms with van der Waals surface area (Å²) in [5.41, 5.74) is 0.561. The number of fused-ring (bicyclic) bond motifs is 1. The SMILES string of the molecule is CC1(S(=O)(=O)n2cc(/C=C/C(=O)O)c3cccnc32)C=C(F)C=CC1. The maximum Gasteiger partial charge on any atom is 0.328 e. The third-order valence-corrected chi connectivity index (χ3v) is 6.32. The van der Waals surface area contributed by atoms with Gasteiger partial charge in [0, 0.05) is 29.4 Å². The van der Waals surface area contributed by atoms with E-state index in [-0.39, 0.29) is 12.1 Å². The van der Waals surface area contributed by atoms with E-state index < -0.39 is 26.6 Å². The Morgan fingerprint density at radius 3 is 2.92 bits per heavy atom. The summed E-state index contributed by atoms with van der Waals surface area (Å²) in [5, 5.41) is 9.29. The molecule has 0 saturated carbocycles. The molecule has 1 N–H and O–H groups in total. The second-order valence-corrected chi connectivity index (χ2v) is 8.16. The van der Waals surface area contributed by atoms with Gasteiger partial charge >= 0.3 is 5.97 Å². The number of carbonyl (C=O) groups is 1. The minimum atomic E-state index is -4.03. The van der Waals surface area contributed by atoms with Gasteiger partial charge in [-0.25, -0.2) is 26.6 Å². The maximum absolute atomic E-state index is 13.7. The maximum atomic E-state index is 13.7. The molecule has 2 aromatic heterocycles. The van der Waals surface area contributed by atoms with Crippen molar-refractivity contribution in [1.29, 1.82) is 0 Å². The molecule has 8 heteroatoms. The minimum Gasteiger partial charge on any atom is -0.478 e. The van der Waals surface area contributed by atoms with Crippen LogP contribution in [0.5, 0.6) is 0 Å². The molecule has 130 valence electrons. The van der Waals surface area contributed by atoms with Crippen LogP contribution in [0, 0.1) is 0 Å². The van der Waals surface area contributed by atoms with Crippen LogP contribution in [0.25, 0.3) is 17.1 Å². The van der Waals surface area contributed by atoms with Crippen molar-refractivity contribution in [2.24, 2.45) is 0 Å². The Hall–Kier alpha value is -2.74. The number of carboxylic acids is 1. The van der Waals surface area contributed by atoms with Crippen molar-refractivity contribution in [3.05, 3.63) is 60.2 Å². The molecule has 25 heavy (non-hydrogen) atoms. The normalized spacial score (nSPS) is 21.0. The van der Waals surface area contributed by atoms with Crippen LogP contribution in [-0.4, -0.2) is 33.2 Å². The van der Waals surface area contributed by atoms with Crippen LogP contribution in [0.15, 0.2) is 54.7 Å². The quantitative estimate of drug-likeness (QED) is 0.845. The van der Waals surface area contributed by atoms with E-state index in [2.05, 4.69) is 4.98 Å². The molecule has 0 saturated heterocycles. The van der Waals surface area contributed by atoms with E-state index >= 15 is 0 Å². The molecule has 3 rings (SSSR count). The first-order chi connectivity index (χ1) is 11.7. The zero-order valence-corrected chi connectivity index (χ0v) is 14.1. The number of allylic oxidation sites excluding steroid dienone is 3. The van der Waals surface area contributed by atoms with E-state index in [1.54, 1.807) is 12.1 Å². The van der Waals surface area contributed by atoms with Gasteiger partial charge in [0.25, 0.3) is 0 Å². The van der Waals surface area contributed by atoms with Crippen LogP contribution in [0.3, 0.4) is 0 Å². The zero-order chi connectivity index (χ0) is 18.2. The predicted molar refractivity (Wildman–Crippen MR) is 92.1 cm³/mol. The highest BCUT2D eigenvalue weighted by Crippen LogP contribution is 2.34. The Balaban J connectivity index is 2.22. The van der Waals surface area contributed by atoms with Crippen molar-refractivity contribution >= 4 is 33.1 Å². The average molecular weight is 362 g/mol. The fourth-order valence-corrected chi connectivity index (χ4v) is 4.38. The molecule has 1 unspecified atom stereocenters. The molecule has 0 amide bonds. The molecule has 6 nitrogen and oxygen atoms in total. The summed E-state index contributed by atoms with van der Waals surface area (Å²) in [7, 11) is -4.03. The van der Waals surface area contributed by atoms with E-state index in [0.717, 1.165) is 16.1 Å². The Labute approximate surface area is 143 Å². The van der Waals surface area contributed by atoms with Crippen LogP contribution < -0.4 is 0 Å². The molecule has 2 aromatic rings. The van der Waals surface area contributed by atoms with Crippen LogP contribution in [0.2, 0.25) is 0 Å². The number of hydrogen-bond acceptors (Lipinski definition) is 4. The van der Waals surface area contributed by atoms with E-state index in [4.69, 9.17) is 5.11 Å². The number of halogens is 1.